The van der Waals surface area contributed by atoms with Crippen molar-refractivity contribution in [2.75, 3.05) is 7.11 Å². The van der Waals surface area contributed by atoms with E-state index in [0.29, 0.717) is 22.8 Å². The molecule has 0 N–H and O–H groups in total. The molecular formula is C25H34O4. The Balaban J connectivity index is 0.000000291. The Hall–Kier alpha value is -2.62. The maximum Gasteiger partial charge on any atom is 0.308 e. The molecule has 1 aromatic carbocycles. The Kier molecular flexibility index (Phi) is 9.60. The van der Waals surface area contributed by atoms with Crippen LogP contribution in [-0.2, 0) is 9.59 Å². The van der Waals surface area contributed by atoms with Crippen LogP contribution >= 0.6 is 0 Å². The van der Waals surface area contributed by atoms with Gasteiger partial charge in [-0.1, -0.05) is 49.8 Å². The molecule has 1 aliphatic rings. The average Bonchev–Trinajstić information content (AvgIpc) is 2.62. The van der Waals surface area contributed by atoms with Crippen molar-refractivity contribution in [1.29, 1.82) is 0 Å². The molecule has 0 saturated heterocycles. The first kappa shape index (κ1) is 24.4. The second kappa shape index (κ2) is 11.4. The van der Waals surface area contributed by atoms with Gasteiger partial charge in [-0.15, -0.1) is 0 Å². The minimum atomic E-state index is -0.355. The van der Waals surface area contributed by atoms with Crippen molar-refractivity contribution in [3.05, 3.63) is 53.6 Å². The standard InChI is InChI=1S/C13H20O.C12H14O3/c1-10-6-5-9-13(3,4)12(10)8-7-11(2)14;1-4-5-10-6-7-11(15-9(2)13)12(8-10)14-3/h6-8,12H,5,9H2,1-4H3;4-8H,1-3H3/b8-7+;5-4-. The maximum atomic E-state index is 10.9. The lowest BCUT2D eigenvalue weighted by molar-refractivity contribution is -0.132. The van der Waals surface area contributed by atoms with Gasteiger partial charge in [0.2, 0.25) is 0 Å². The van der Waals surface area contributed by atoms with Crippen molar-refractivity contribution >= 4 is 17.8 Å². The molecule has 0 radical (unpaired) electrons. The number of ketones is 1. The van der Waals surface area contributed by atoms with E-state index in [0.717, 1.165) is 5.56 Å². The van der Waals surface area contributed by atoms with Gasteiger partial charge in [0.05, 0.1) is 7.11 Å². The largest absolute Gasteiger partial charge is 0.493 e. The first-order valence-corrected chi connectivity index (χ1v) is 9.95. The topological polar surface area (TPSA) is 52.6 Å². The molecule has 1 aliphatic carbocycles. The summed E-state index contributed by atoms with van der Waals surface area (Å²) in [6.45, 7) is 11.6. The summed E-state index contributed by atoms with van der Waals surface area (Å²) in [6, 6.07) is 5.40. The van der Waals surface area contributed by atoms with E-state index in [4.69, 9.17) is 9.47 Å². The zero-order chi connectivity index (χ0) is 22.0. The summed E-state index contributed by atoms with van der Waals surface area (Å²) < 4.78 is 10.1. The molecule has 0 saturated carbocycles. The Morgan fingerprint density at radius 1 is 1.17 bits per heavy atom. The molecule has 0 aromatic heterocycles. The maximum absolute atomic E-state index is 10.9. The van der Waals surface area contributed by atoms with Crippen molar-refractivity contribution in [3.8, 4) is 11.5 Å². The average molecular weight is 399 g/mol. The molecule has 1 aromatic rings. The number of hydrogen-bond acceptors (Lipinski definition) is 4. The minimum absolute atomic E-state index is 0.138. The van der Waals surface area contributed by atoms with E-state index in [1.165, 1.54) is 25.3 Å². The lowest BCUT2D eigenvalue weighted by Gasteiger charge is -2.36. The van der Waals surface area contributed by atoms with E-state index in [1.807, 2.05) is 31.2 Å². The van der Waals surface area contributed by atoms with Crippen LogP contribution in [0.2, 0.25) is 0 Å². The number of rotatable bonds is 5. The van der Waals surface area contributed by atoms with Gasteiger partial charge in [0.1, 0.15) is 0 Å². The van der Waals surface area contributed by atoms with Crippen LogP contribution in [0.5, 0.6) is 11.5 Å². The van der Waals surface area contributed by atoms with Gasteiger partial charge in [-0.25, -0.2) is 0 Å². The molecule has 29 heavy (non-hydrogen) atoms. The Bertz CT molecular complexity index is 797. The van der Waals surface area contributed by atoms with Gasteiger partial charge < -0.3 is 9.47 Å². The molecule has 2 rings (SSSR count). The highest BCUT2D eigenvalue weighted by molar-refractivity contribution is 5.87. The number of benzene rings is 1. The zero-order valence-corrected chi connectivity index (χ0v) is 18.7. The van der Waals surface area contributed by atoms with E-state index in [1.54, 1.807) is 26.2 Å². The molecule has 0 heterocycles. The number of esters is 1. The van der Waals surface area contributed by atoms with E-state index in [-0.39, 0.29) is 11.8 Å². The summed E-state index contributed by atoms with van der Waals surface area (Å²) in [7, 11) is 1.54. The van der Waals surface area contributed by atoms with Gasteiger partial charge in [0, 0.05) is 12.8 Å². The quantitative estimate of drug-likeness (QED) is 0.258. The lowest BCUT2D eigenvalue weighted by atomic mass is 9.68. The summed E-state index contributed by atoms with van der Waals surface area (Å²) in [6.07, 6.45) is 12.3. The van der Waals surface area contributed by atoms with Crippen LogP contribution in [0.15, 0.2) is 48.1 Å². The second-order valence-electron chi connectivity index (χ2n) is 7.93. The van der Waals surface area contributed by atoms with Gasteiger partial charge in [0.15, 0.2) is 17.3 Å². The monoisotopic (exact) mass is 398 g/mol. The van der Waals surface area contributed by atoms with Gasteiger partial charge in [0.25, 0.3) is 0 Å². The highest BCUT2D eigenvalue weighted by Crippen LogP contribution is 2.41. The summed E-state index contributed by atoms with van der Waals surface area (Å²) >= 11 is 0. The summed E-state index contributed by atoms with van der Waals surface area (Å²) in [5.74, 6) is 1.21. The van der Waals surface area contributed by atoms with Crippen molar-refractivity contribution in [3.63, 3.8) is 0 Å². The number of carbonyl (C=O) groups excluding carboxylic acids is 2. The predicted octanol–water partition coefficient (Wildman–Crippen LogP) is 6.17. The second-order valence-corrected chi connectivity index (χ2v) is 7.93. The van der Waals surface area contributed by atoms with Gasteiger partial charge >= 0.3 is 5.97 Å². The van der Waals surface area contributed by atoms with Crippen LogP contribution in [0, 0.1) is 11.3 Å². The summed E-state index contributed by atoms with van der Waals surface area (Å²) in [5.41, 5.74) is 2.70. The third-order valence-electron chi connectivity index (χ3n) is 4.91. The molecule has 0 aliphatic heterocycles. The third-order valence-corrected chi connectivity index (χ3v) is 4.91. The van der Waals surface area contributed by atoms with E-state index < -0.39 is 0 Å². The lowest BCUT2D eigenvalue weighted by Crippen LogP contribution is -2.26. The molecule has 158 valence electrons. The molecular weight excluding hydrogens is 364 g/mol. The molecule has 1 unspecified atom stereocenters. The molecule has 0 amide bonds. The summed E-state index contributed by atoms with van der Waals surface area (Å²) in [4.78, 5) is 21.7. The van der Waals surface area contributed by atoms with E-state index in [9.17, 15) is 9.59 Å². The molecule has 0 fully saturated rings. The van der Waals surface area contributed by atoms with E-state index >= 15 is 0 Å². The van der Waals surface area contributed by atoms with E-state index in [2.05, 4.69) is 32.9 Å². The van der Waals surface area contributed by atoms with Crippen LogP contribution in [0.25, 0.3) is 6.08 Å². The molecule has 0 spiro atoms. The van der Waals surface area contributed by atoms with Crippen LogP contribution in [0.3, 0.4) is 0 Å². The zero-order valence-electron chi connectivity index (χ0n) is 18.7. The fourth-order valence-electron chi connectivity index (χ4n) is 3.43. The SMILES string of the molecule is C/C=C\c1ccc(OC(C)=O)c(OC)c1.CC(=O)/C=C/C1C(C)=CCCC1(C)C. The van der Waals surface area contributed by atoms with Crippen LogP contribution in [0.4, 0.5) is 0 Å². The molecule has 1 atom stereocenters. The first-order chi connectivity index (χ1) is 13.6. The highest BCUT2D eigenvalue weighted by atomic mass is 16.6. The molecule has 4 nitrogen and oxygen atoms in total. The normalized spacial score (nSPS) is 18.0. The van der Waals surface area contributed by atoms with Crippen LogP contribution in [0.1, 0.15) is 59.9 Å². The Morgan fingerprint density at radius 2 is 1.86 bits per heavy atom. The summed E-state index contributed by atoms with van der Waals surface area (Å²) in [5, 5.41) is 0. The highest BCUT2D eigenvalue weighted by Gasteiger charge is 2.30. The minimum Gasteiger partial charge on any atom is -0.493 e. The van der Waals surface area contributed by atoms with Crippen LogP contribution < -0.4 is 9.47 Å². The van der Waals surface area contributed by atoms with Crippen molar-refractivity contribution in [1.82, 2.24) is 0 Å². The van der Waals surface area contributed by atoms with Gasteiger partial charge in [-0.05, 0) is 62.8 Å². The van der Waals surface area contributed by atoms with Crippen LogP contribution in [-0.4, -0.2) is 18.9 Å². The van der Waals surface area contributed by atoms with Crippen molar-refractivity contribution in [2.24, 2.45) is 11.3 Å². The van der Waals surface area contributed by atoms with Crippen molar-refractivity contribution < 1.29 is 19.1 Å². The predicted molar refractivity (Wildman–Crippen MR) is 119 cm³/mol. The fraction of sp³-hybridized carbons (Fsp3) is 0.440. The smallest absolute Gasteiger partial charge is 0.308 e. The Labute approximate surface area is 175 Å². The third kappa shape index (κ3) is 8.10. The Morgan fingerprint density at radius 3 is 2.38 bits per heavy atom. The number of ether oxygens (including phenoxy) is 2. The molecule has 0 bridgehead atoms. The van der Waals surface area contributed by atoms with Gasteiger partial charge in [-0.3, -0.25) is 9.59 Å². The fourth-order valence-corrected chi connectivity index (χ4v) is 3.43. The first-order valence-electron chi connectivity index (χ1n) is 9.95. The number of carbonyl (C=O) groups is 2. The van der Waals surface area contributed by atoms with Crippen molar-refractivity contribution in [2.45, 2.75) is 54.4 Å². The molecule has 4 heteroatoms. The number of hydrogen-bond donors (Lipinski definition) is 0. The van der Waals surface area contributed by atoms with Gasteiger partial charge in [-0.2, -0.15) is 0 Å². The number of methoxy groups -OCH3 is 1. The number of allylic oxidation sites excluding steroid dienone is 5.